The fourth-order valence-electron chi connectivity index (χ4n) is 2.55. The molecule has 0 bridgehead atoms. The van der Waals surface area contributed by atoms with Gasteiger partial charge in [0.2, 0.25) is 5.91 Å². The van der Waals surface area contributed by atoms with Crippen LogP contribution in [-0.2, 0) is 24.2 Å². The fraction of sp³-hybridized carbons (Fsp3) is 0.267. The Kier molecular flexibility index (Phi) is 3.59. The quantitative estimate of drug-likeness (QED) is 0.915. The number of amides is 1. The second kappa shape index (κ2) is 5.54. The maximum atomic E-state index is 12.3. The Balaban J connectivity index is 1.75. The number of carbonyl (C=O) groups is 1. The lowest BCUT2D eigenvalue weighted by atomic mass is 10.0. The predicted octanol–water partition coefficient (Wildman–Crippen LogP) is 1.72. The van der Waals surface area contributed by atoms with Gasteiger partial charge < -0.3 is 10.6 Å². The number of carbonyl (C=O) groups excluding carboxylic acids is 1. The minimum atomic E-state index is 0.0825. The average Bonchev–Trinajstić information content (AvgIpc) is 2.82. The van der Waals surface area contributed by atoms with Gasteiger partial charge in [-0.1, -0.05) is 6.07 Å². The van der Waals surface area contributed by atoms with Crippen molar-refractivity contribution in [3.05, 3.63) is 46.1 Å². The summed E-state index contributed by atoms with van der Waals surface area (Å²) in [6.07, 6.45) is 4.46. The molecule has 0 unspecified atom stereocenters. The summed E-state index contributed by atoms with van der Waals surface area (Å²) in [5, 5.41) is 9.68. The minimum absolute atomic E-state index is 0.0825. The fourth-order valence-corrected chi connectivity index (χ4v) is 3.63. The molecule has 106 valence electrons. The highest BCUT2D eigenvalue weighted by atomic mass is 32.1. The molecule has 0 saturated carbocycles. The number of thiophene rings is 1. The van der Waals surface area contributed by atoms with Crippen molar-refractivity contribution < 1.29 is 4.79 Å². The summed E-state index contributed by atoms with van der Waals surface area (Å²) >= 11 is 1.42. The van der Waals surface area contributed by atoms with Gasteiger partial charge in [-0.15, -0.1) is 11.3 Å². The second-order valence-corrected chi connectivity index (χ2v) is 6.09. The molecule has 0 aliphatic carbocycles. The highest BCUT2D eigenvalue weighted by Crippen LogP contribution is 2.34. The van der Waals surface area contributed by atoms with E-state index in [2.05, 4.69) is 11.1 Å². The molecule has 1 aliphatic heterocycles. The van der Waals surface area contributed by atoms with E-state index in [1.807, 2.05) is 17.0 Å². The zero-order chi connectivity index (χ0) is 14.8. The zero-order valence-electron chi connectivity index (χ0n) is 11.4. The van der Waals surface area contributed by atoms with Crippen molar-refractivity contribution in [2.24, 2.45) is 0 Å². The van der Waals surface area contributed by atoms with E-state index in [1.165, 1.54) is 11.3 Å². The number of rotatable bonds is 2. The molecule has 2 aromatic heterocycles. The number of hydrogen-bond donors (Lipinski definition) is 1. The number of hydrogen-bond acceptors (Lipinski definition) is 5. The van der Waals surface area contributed by atoms with Crippen LogP contribution in [0.4, 0.5) is 5.00 Å². The Labute approximate surface area is 126 Å². The highest BCUT2D eigenvalue weighted by Gasteiger charge is 2.26. The molecule has 0 fully saturated rings. The largest absolute Gasteiger partial charge is 0.389 e. The van der Waals surface area contributed by atoms with Crippen molar-refractivity contribution in [3.8, 4) is 6.07 Å². The van der Waals surface area contributed by atoms with E-state index in [0.717, 1.165) is 16.0 Å². The summed E-state index contributed by atoms with van der Waals surface area (Å²) in [4.78, 5) is 19.2. The van der Waals surface area contributed by atoms with Crippen molar-refractivity contribution in [3.63, 3.8) is 0 Å². The smallest absolute Gasteiger partial charge is 0.227 e. The van der Waals surface area contributed by atoms with E-state index >= 15 is 0 Å². The van der Waals surface area contributed by atoms with Gasteiger partial charge in [0.15, 0.2) is 0 Å². The first-order valence-corrected chi connectivity index (χ1v) is 7.47. The third-order valence-corrected chi connectivity index (χ3v) is 4.67. The first-order valence-electron chi connectivity index (χ1n) is 6.66. The Morgan fingerprint density at radius 2 is 2.43 bits per heavy atom. The number of fused-ring (bicyclic) bond motifs is 1. The third kappa shape index (κ3) is 2.60. The van der Waals surface area contributed by atoms with E-state index in [9.17, 15) is 4.79 Å². The summed E-state index contributed by atoms with van der Waals surface area (Å²) in [6.45, 7) is 1.18. The van der Waals surface area contributed by atoms with E-state index in [1.54, 1.807) is 12.4 Å². The van der Waals surface area contributed by atoms with Gasteiger partial charge >= 0.3 is 0 Å². The molecule has 3 rings (SSSR count). The van der Waals surface area contributed by atoms with Crippen LogP contribution in [-0.4, -0.2) is 22.3 Å². The minimum Gasteiger partial charge on any atom is -0.389 e. The number of aromatic nitrogens is 1. The van der Waals surface area contributed by atoms with Crippen molar-refractivity contribution in [2.75, 3.05) is 12.3 Å². The first-order chi connectivity index (χ1) is 10.2. The lowest BCUT2D eigenvalue weighted by Crippen LogP contribution is -2.36. The lowest BCUT2D eigenvalue weighted by Gasteiger charge is -2.27. The van der Waals surface area contributed by atoms with Gasteiger partial charge in [0.05, 0.1) is 18.5 Å². The molecular weight excluding hydrogens is 284 g/mol. The molecular formula is C15H14N4OS. The van der Waals surface area contributed by atoms with E-state index in [4.69, 9.17) is 11.0 Å². The Morgan fingerprint density at radius 1 is 1.57 bits per heavy atom. The number of anilines is 1. The van der Waals surface area contributed by atoms with Gasteiger partial charge in [-0.3, -0.25) is 9.78 Å². The number of nitrogen functional groups attached to an aromatic ring is 1. The van der Waals surface area contributed by atoms with Crippen LogP contribution < -0.4 is 5.73 Å². The standard InChI is InChI=1S/C15H14N4OS/c16-7-12-11-3-5-19(9-13(11)21-15(12)17)14(20)6-10-2-1-4-18-8-10/h1-2,4,8H,3,5-6,9,17H2. The van der Waals surface area contributed by atoms with Gasteiger partial charge in [0.1, 0.15) is 11.1 Å². The molecule has 0 atom stereocenters. The Bertz CT molecular complexity index is 717. The van der Waals surface area contributed by atoms with Crippen LogP contribution in [0.5, 0.6) is 0 Å². The van der Waals surface area contributed by atoms with Gasteiger partial charge in [-0.05, 0) is 23.6 Å². The molecule has 0 saturated heterocycles. The molecule has 6 heteroatoms. The molecule has 2 N–H and O–H groups in total. The van der Waals surface area contributed by atoms with Crippen molar-refractivity contribution >= 4 is 22.2 Å². The number of nitrogens with two attached hydrogens (primary N) is 1. The highest BCUT2D eigenvalue weighted by molar-refractivity contribution is 7.16. The van der Waals surface area contributed by atoms with Crippen LogP contribution in [0.15, 0.2) is 24.5 Å². The van der Waals surface area contributed by atoms with Gasteiger partial charge in [-0.25, -0.2) is 0 Å². The van der Waals surface area contributed by atoms with Crippen LogP contribution in [0, 0.1) is 11.3 Å². The lowest BCUT2D eigenvalue weighted by molar-refractivity contribution is -0.131. The number of nitrogens with zero attached hydrogens (tertiary/aromatic N) is 3. The molecule has 0 aromatic carbocycles. The van der Waals surface area contributed by atoms with E-state index in [0.29, 0.717) is 36.5 Å². The zero-order valence-corrected chi connectivity index (χ0v) is 12.2. The molecule has 1 amide bonds. The van der Waals surface area contributed by atoms with Crippen molar-refractivity contribution in [1.82, 2.24) is 9.88 Å². The maximum absolute atomic E-state index is 12.3. The van der Waals surface area contributed by atoms with E-state index in [-0.39, 0.29) is 5.91 Å². The van der Waals surface area contributed by atoms with Crippen molar-refractivity contribution in [2.45, 2.75) is 19.4 Å². The summed E-state index contributed by atoms with van der Waals surface area (Å²) in [5.74, 6) is 0.0825. The molecule has 0 radical (unpaired) electrons. The molecule has 5 nitrogen and oxygen atoms in total. The number of nitriles is 1. The van der Waals surface area contributed by atoms with Crippen LogP contribution >= 0.6 is 11.3 Å². The number of pyridine rings is 1. The average molecular weight is 298 g/mol. The summed E-state index contributed by atoms with van der Waals surface area (Å²) < 4.78 is 0. The normalized spacial score (nSPS) is 13.6. The van der Waals surface area contributed by atoms with Crippen LogP contribution in [0.1, 0.15) is 21.6 Å². The second-order valence-electron chi connectivity index (χ2n) is 4.96. The summed E-state index contributed by atoms with van der Waals surface area (Å²) in [5.41, 5.74) is 8.39. The summed E-state index contributed by atoms with van der Waals surface area (Å²) in [7, 11) is 0. The topological polar surface area (TPSA) is 83.0 Å². The Hall–Kier alpha value is -2.39. The van der Waals surface area contributed by atoms with Crippen molar-refractivity contribution in [1.29, 1.82) is 5.26 Å². The third-order valence-electron chi connectivity index (χ3n) is 3.63. The monoisotopic (exact) mass is 298 g/mol. The summed E-state index contributed by atoms with van der Waals surface area (Å²) in [6, 6.07) is 5.89. The van der Waals surface area contributed by atoms with Gasteiger partial charge in [-0.2, -0.15) is 5.26 Å². The predicted molar refractivity (Wildman–Crippen MR) is 80.5 cm³/mol. The SMILES string of the molecule is N#Cc1c(N)sc2c1CCN(C(=O)Cc1cccnc1)C2. The van der Waals surface area contributed by atoms with Crippen LogP contribution in [0.2, 0.25) is 0 Å². The van der Waals surface area contributed by atoms with Crippen LogP contribution in [0.25, 0.3) is 0 Å². The molecule has 3 heterocycles. The first kappa shape index (κ1) is 13.6. The maximum Gasteiger partial charge on any atom is 0.227 e. The van der Waals surface area contributed by atoms with Crippen LogP contribution in [0.3, 0.4) is 0 Å². The molecule has 1 aliphatic rings. The molecule has 21 heavy (non-hydrogen) atoms. The molecule has 0 spiro atoms. The van der Waals surface area contributed by atoms with Gasteiger partial charge in [0, 0.05) is 23.8 Å². The Morgan fingerprint density at radius 3 is 3.14 bits per heavy atom. The molecule has 2 aromatic rings. The van der Waals surface area contributed by atoms with Gasteiger partial charge in [0.25, 0.3) is 0 Å². The van der Waals surface area contributed by atoms with E-state index < -0.39 is 0 Å².